The Bertz CT molecular complexity index is 719. The van der Waals surface area contributed by atoms with Gasteiger partial charge in [-0.05, 0) is 19.1 Å². The van der Waals surface area contributed by atoms with Gasteiger partial charge in [-0.1, -0.05) is 13.0 Å². The van der Waals surface area contributed by atoms with Crippen molar-refractivity contribution in [3.8, 4) is 0 Å². The Kier molecular flexibility index (Phi) is 4.29. The fourth-order valence-electron chi connectivity index (χ4n) is 2.11. The van der Waals surface area contributed by atoms with Gasteiger partial charge in [0.25, 0.3) is 10.0 Å². The van der Waals surface area contributed by atoms with Crippen LogP contribution in [0.2, 0.25) is 0 Å². The van der Waals surface area contributed by atoms with Gasteiger partial charge in [0.2, 0.25) is 0 Å². The predicted octanol–water partition coefficient (Wildman–Crippen LogP) is 0.917. The molecule has 0 unspecified atom stereocenters. The summed E-state index contributed by atoms with van der Waals surface area (Å²) in [5.41, 5.74) is 7.23. The predicted molar refractivity (Wildman–Crippen MR) is 79.9 cm³/mol. The highest BCUT2D eigenvalue weighted by molar-refractivity contribution is 7.89. The molecule has 114 valence electrons. The second kappa shape index (κ2) is 5.82. The van der Waals surface area contributed by atoms with Crippen molar-refractivity contribution in [2.24, 2.45) is 7.05 Å². The standard InChI is InChI=1S/C13H19N5O2S/c1-4-18(8-11-7-5-6-10(2)16-11)21(19,20)13-12(14)15-9-17(13)3/h5-7,9H,4,8,14H2,1-3H3. The molecule has 0 saturated carbocycles. The summed E-state index contributed by atoms with van der Waals surface area (Å²) in [6.45, 7) is 4.17. The molecule has 8 heteroatoms. The van der Waals surface area contributed by atoms with Crippen molar-refractivity contribution in [3.63, 3.8) is 0 Å². The van der Waals surface area contributed by atoms with Crippen molar-refractivity contribution in [1.82, 2.24) is 18.8 Å². The van der Waals surface area contributed by atoms with Gasteiger partial charge in [-0.25, -0.2) is 13.4 Å². The largest absolute Gasteiger partial charge is 0.381 e. The zero-order valence-corrected chi connectivity index (χ0v) is 13.1. The Balaban J connectivity index is 2.37. The Morgan fingerprint density at radius 2 is 2.10 bits per heavy atom. The normalized spacial score (nSPS) is 12.0. The average Bonchev–Trinajstić information content (AvgIpc) is 2.76. The monoisotopic (exact) mass is 309 g/mol. The molecule has 2 aromatic rings. The number of imidazole rings is 1. The molecule has 7 nitrogen and oxygen atoms in total. The van der Waals surface area contributed by atoms with E-state index in [-0.39, 0.29) is 17.4 Å². The molecule has 21 heavy (non-hydrogen) atoms. The Hall–Kier alpha value is -1.93. The maximum absolute atomic E-state index is 12.7. The van der Waals surface area contributed by atoms with Crippen LogP contribution in [0.3, 0.4) is 0 Å². The summed E-state index contributed by atoms with van der Waals surface area (Å²) in [4.78, 5) is 8.18. The number of nitrogens with zero attached hydrogens (tertiary/aromatic N) is 4. The van der Waals surface area contributed by atoms with Crippen molar-refractivity contribution in [1.29, 1.82) is 0 Å². The molecule has 0 fully saturated rings. The summed E-state index contributed by atoms with van der Waals surface area (Å²) in [5.74, 6) is 0.00755. The van der Waals surface area contributed by atoms with Crippen LogP contribution in [0.4, 0.5) is 5.82 Å². The van der Waals surface area contributed by atoms with E-state index in [1.54, 1.807) is 20.0 Å². The van der Waals surface area contributed by atoms with Gasteiger partial charge < -0.3 is 10.3 Å². The van der Waals surface area contributed by atoms with Gasteiger partial charge in [0.05, 0.1) is 18.6 Å². The number of sulfonamides is 1. The topological polar surface area (TPSA) is 94.1 Å². The van der Waals surface area contributed by atoms with Crippen LogP contribution >= 0.6 is 0 Å². The van der Waals surface area contributed by atoms with Crippen LogP contribution in [0.1, 0.15) is 18.3 Å². The summed E-state index contributed by atoms with van der Waals surface area (Å²) in [7, 11) is -2.11. The molecule has 0 bridgehead atoms. The Labute approximate surface area is 124 Å². The van der Waals surface area contributed by atoms with Crippen molar-refractivity contribution in [2.45, 2.75) is 25.4 Å². The number of anilines is 1. The van der Waals surface area contributed by atoms with E-state index in [1.165, 1.54) is 15.2 Å². The molecular formula is C13H19N5O2S. The van der Waals surface area contributed by atoms with Crippen molar-refractivity contribution >= 4 is 15.8 Å². The third kappa shape index (κ3) is 3.06. The highest BCUT2D eigenvalue weighted by Gasteiger charge is 2.29. The fourth-order valence-corrected chi connectivity index (χ4v) is 3.72. The number of rotatable bonds is 5. The van der Waals surface area contributed by atoms with Crippen molar-refractivity contribution < 1.29 is 8.42 Å². The summed E-state index contributed by atoms with van der Waals surface area (Å²) in [6, 6.07) is 5.53. The first-order valence-corrected chi connectivity index (χ1v) is 7.99. The molecule has 2 N–H and O–H groups in total. The van der Waals surface area contributed by atoms with Gasteiger partial charge in [-0.3, -0.25) is 4.98 Å². The van der Waals surface area contributed by atoms with E-state index >= 15 is 0 Å². The van der Waals surface area contributed by atoms with E-state index in [9.17, 15) is 8.42 Å². The molecule has 2 rings (SSSR count). The average molecular weight is 309 g/mol. The lowest BCUT2D eigenvalue weighted by Crippen LogP contribution is -2.32. The zero-order chi connectivity index (χ0) is 15.6. The molecule has 0 aliphatic rings. The molecule has 0 spiro atoms. The van der Waals surface area contributed by atoms with E-state index in [0.717, 1.165) is 5.69 Å². The third-order valence-corrected chi connectivity index (χ3v) is 5.18. The van der Waals surface area contributed by atoms with E-state index in [4.69, 9.17) is 5.73 Å². The first-order chi connectivity index (χ1) is 9.86. The van der Waals surface area contributed by atoms with Crippen LogP contribution in [0.25, 0.3) is 0 Å². The summed E-state index contributed by atoms with van der Waals surface area (Å²) < 4.78 is 28.2. The van der Waals surface area contributed by atoms with Crippen LogP contribution in [0.15, 0.2) is 29.6 Å². The van der Waals surface area contributed by atoms with Crippen molar-refractivity contribution in [2.75, 3.05) is 12.3 Å². The first-order valence-electron chi connectivity index (χ1n) is 6.55. The van der Waals surface area contributed by atoms with E-state index in [0.29, 0.717) is 12.2 Å². The lowest BCUT2D eigenvalue weighted by molar-refractivity contribution is 0.414. The van der Waals surface area contributed by atoms with Crippen LogP contribution < -0.4 is 5.73 Å². The molecule has 2 aromatic heterocycles. The minimum Gasteiger partial charge on any atom is -0.381 e. The smallest absolute Gasteiger partial charge is 0.262 e. The Morgan fingerprint density at radius 1 is 1.38 bits per heavy atom. The lowest BCUT2D eigenvalue weighted by Gasteiger charge is -2.20. The molecule has 0 radical (unpaired) electrons. The fraction of sp³-hybridized carbons (Fsp3) is 0.385. The second-order valence-corrected chi connectivity index (χ2v) is 6.60. The lowest BCUT2D eigenvalue weighted by atomic mass is 10.3. The summed E-state index contributed by atoms with van der Waals surface area (Å²) >= 11 is 0. The minimum atomic E-state index is -3.71. The van der Waals surface area contributed by atoms with Gasteiger partial charge in [0.15, 0.2) is 10.8 Å². The van der Waals surface area contributed by atoms with E-state index < -0.39 is 10.0 Å². The van der Waals surface area contributed by atoms with Gasteiger partial charge in [-0.2, -0.15) is 4.31 Å². The second-order valence-electron chi connectivity index (χ2n) is 4.75. The molecule has 0 aliphatic heterocycles. The van der Waals surface area contributed by atoms with Gasteiger partial charge in [-0.15, -0.1) is 0 Å². The molecule has 0 amide bonds. The highest BCUT2D eigenvalue weighted by Crippen LogP contribution is 2.21. The maximum Gasteiger partial charge on any atom is 0.262 e. The Morgan fingerprint density at radius 3 is 2.62 bits per heavy atom. The van der Waals surface area contributed by atoms with Gasteiger partial charge in [0, 0.05) is 19.3 Å². The molecule has 2 heterocycles. The maximum atomic E-state index is 12.7. The van der Waals surface area contributed by atoms with Gasteiger partial charge in [0.1, 0.15) is 0 Å². The quantitative estimate of drug-likeness (QED) is 0.886. The number of nitrogens with two attached hydrogens (primary N) is 1. The van der Waals surface area contributed by atoms with Crippen LogP contribution in [-0.4, -0.2) is 33.8 Å². The van der Waals surface area contributed by atoms with E-state index in [1.807, 2.05) is 19.1 Å². The number of pyridine rings is 1. The van der Waals surface area contributed by atoms with Crippen LogP contribution in [0.5, 0.6) is 0 Å². The summed E-state index contributed by atoms with van der Waals surface area (Å²) in [6.07, 6.45) is 1.39. The number of nitrogen functional groups attached to an aromatic ring is 1. The zero-order valence-electron chi connectivity index (χ0n) is 12.3. The minimum absolute atomic E-state index is 0.00755. The SMILES string of the molecule is CCN(Cc1cccc(C)n1)S(=O)(=O)c1c(N)ncn1C. The third-order valence-electron chi connectivity index (χ3n) is 3.13. The molecule has 0 atom stereocenters. The number of hydrogen-bond donors (Lipinski definition) is 1. The van der Waals surface area contributed by atoms with Crippen LogP contribution in [0, 0.1) is 6.92 Å². The van der Waals surface area contributed by atoms with Crippen molar-refractivity contribution in [3.05, 3.63) is 35.9 Å². The number of hydrogen-bond acceptors (Lipinski definition) is 5. The molecule has 0 aromatic carbocycles. The van der Waals surface area contributed by atoms with Crippen LogP contribution in [-0.2, 0) is 23.6 Å². The van der Waals surface area contributed by atoms with Gasteiger partial charge >= 0.3 is 0 Å². The van der Waals surface area contributed by atoms with E-state index in [2.05, 4.69) is 9.97 Å². The molecular weight excluding hydrogens is 290 g/mol. The highest BCUT2D eigenvalue weighted by atomic mass is 32.2. The molecule has 0 saturated heterocycles. The number of aromatic nitrogens is 3. The molecule has 0 aliphatic carbocycles. The first kappa shape index (κ1) is 15.5. The summed E-state index contributed by atoms with van der Waals surface area (Å²) in [5, 5.41) is 0.0111. The number of aryl methyl sites for hydroxylation is 2.